The van der Waals surface area contributed by atoms with Crippen molar-refractivity contribution < 1.29 is 33.2 Å². The molecule has 0 aromatic heterocycles. The van der Waals surface area contributed by atoms with Crippen LogP contribution in [0.1, 0.15) is 90.9 Å². The SMILES string of the molecule is CCCCCCCCC(=O)OCCOCCOCCOCCOCCOCCCCCCC. The molecule has 0 radical (unpaired) electrons. The molecule has 7 heteroatoms. The average molecular weight is 477 g/mol. The number of hydrogen-bond donors (Lipinski definition) is 0. The van der Waals surface area contributed by atoms with E-state index in [0.29, 0.717) is 72.5 Å². The Hall–Kier alpha value is -0.730. The van der Waals surface area contributed by atoms with Gasteiger partial charge in [-0.3, -0.25) is 4.79 Å². The van der Waals surface area contributed by atoms with Crippen LogP contribution in [0.5, 0.6) is 0 Å². The van der Waals surface area contributed by atoms with Crippen molar-refractivity contribution in [2.24, 2.45) is 0 Å². The Morgan fingerprint density at radius 3 is 1.27 bits per heavy atom. The summed E-state index contributed by atoms with van der Waals surface area (Å²) in [7, 11) is 0. The normalized spacial score (nSPS) is 11.2. The lowest BCUT2D eigenvalue weighted by atomic mass is 10.1. The Morgan fingerprint density at radius 2 is 0.788 bits per heavy atom. The van der Waals surface area contributed by atoms with Crippen LogP contribution in [-0.2, 0) is 33.2 Å². The molecule has 0 saturated heterocycles. The van der Waals surface area contributed by atoms with E-state index in [9.17, 15) is 4.79 Å². The minimum Gasteiger partial charge on any atom is -0.463 e. The molecule has 0 N–H and O–H groups in total. The van der Waals surface area contributed by atoms with Crippen molar-refractivity contribution in [3.63, 3.8) is 0 Å². The van der Waals surface area contributed by atoms with Crippen LogP contribution < -0.4 is 0 Å². The first-order valence-corrected chi connectivity index (χ1v) is 13.4. The van der Waals surface area contributed by atoms with Crippen LogP contribution in [0.2, 0.25) is 0 Å². The molecule has 0 rings (SSSR count). The highest BCUT2D eigenvalue weighted by Gasteiger charge is 2.02. The third-order valence-corrected chi connectivity index (χ3v) is 5.11. The zero-order valence-electron chi connectivity index (χ0n) is 21.6. The Bertz CT molecular complexity index is 380. The lowest BCUT2D eigenvalue weighted by Gasteiger charge is -2.08. The largest absolute Gasteiger partial charge is 0.463 e. The number of carbonyl (C=O) groups excluding carboxylic acids is 1. The molecule has 0 bridgehead atoms. The van der Waals surface area contributed by atoms with Crippen LogP contribution in [0.3, 0.4) is 0 Å². The van der Waals surface area contributed by atoms with Gasteiger partial charge in [0.05, 0.1) is 59.5 Å². The molecule has 7 nitrogen and oxygen atoms in total. The summed E-state index contributed by atoms with van der Waals surface area (Å²) in [5.74, 6) is -0.128. The maximum absolute atomic E-state index is 11.6. The lowest BCUT2D eigenvalue weighted by molar-refractivity contribution is -0.145. The van der Waals surface area contributed by atoms with Crippen LogP contribution in [0.15, 0.2) is 0 Å². The Kier molecular flexibility index (Phi) is 28.7. The fourth-order valence-corrected chi connectivity index (χ4v) is 3.13. The van der Waals surface area contributed by atoms with E-state index in [1.165, 1.54) is 51.4 Å². The first-order chi connectivity index (χ1) is 16.3. The molecule has 0 heterocycles. The monoisotopic (exact) mass is 476 g/mol. The topological polar surface area (TPSA) is 72.5 Å². The van der Waals surface area contributed by atoms with Crippen molar-refractivity contribution in [2.45, 2.75) is 90.9 Å². The van der Waals surface area contributed by atoms with Gasteiger partial charge < -0.3 is 28.4 Å². The van der Waals surface area contributed by atoms with Gasteiger partial charge in [-0.25, -0.2) is 0 Å². The summed E-state index contributed by atoms with van der Waals surface area (Å²) in [6, 6.07) is 0. The van der Waals surface area contributed by atoms with E-state index in [2.05, 4.69) is 13.8 Å². The Labute approximate surface area is 203 Å². The smallest absolute Gasteiger partial charge is 0.305 e. The van der Waals surface area contributed by atoms with Gasteiger partial charge in [0.2, 0.25) is 0 Å². The Balaban J connectivity index is 3.09. The molecule has 0 saturated carbocycles. The highest BCUT2D eigenvalue weighted by Crippen LogP contribution is 2.07. The number of ether oxygens (including phenoxy) is 6. The highest BCUT2D eigenvalue weighted by molar-refractivity contribution is 5.69. The molecule has 0 aliphatic heterocycles. The molecule has 0 amide bonds. The molecule has 0 aliphatic carbocycles. The van der Waals surface area contributed by atoms with Gasteiger partial charge in [0.1, 0.15) is 6.61 Å². The van der Waals surface area contributed by atoms with Gasteiger partial charge >= 0.3 is 5.97 Å². The van der Waals surface area contributed by atoms with Crippen LogP contribution in [0, 0.1) is 0 Å². The molecule has 198 valence electrons. The summed E-state index contributed by atoms with van der Waals surface area (Å²) in [5.41, 5.74) is 0. The molecular weight excluding hydrogens is 424 g/mol. The Morgan fingerprint density at radius 1 is 0.424 bits per heavy atom. The molecule has 0 unspecified atom stereocenters. The fourth-order valence-electron chi connectivity index (χ4n) is 3.13. The van der Waals surface area contributed by atoms with Crippen LogP contribution in [0.4, 0.5) is 0 Å². The molecule has 0 aliphatic rings. The van der Waals surface area contributed by atoms with Gasteiger partial charge in [0.25, 0.3) is 0 Å². The van der Waals surface area contributed by atoms with Crippen LogP contribution >= 0.6 is 0 Å². The van der Waals surface area contributed by atoms with Gasteiger partial charge in [0.15, 0.2) is 0 Å². The highest BCUT2D eigenvalue weighted by atomic mass is 16.6. The quantitative estimate of drug-likeness (QED) is 0.112. The van der Waals surface area contributed by atoms with E-state index < -0.39 is 0 Å². The van der Waals surface area contributed by atoms with E-state index in [-0.39, 0.29) is 5.97 Å². The molecule has 0 aromatic rings. The first kappa shape index (κ1) is 32.3. The fraction of sp³-hybridized carbons (Fsp3) is 0.962. The molecular formula is C26H52O7. The zero-order chi connectivity index (χ0) is 24.1. The third kappa shape index (κ3) is 29.2. The predicted molar refractivity (Wildman–Crippen MR) is 132 cm³/mol. The second-order valence-corrected chi connectivity index (χ2v) is 8.21. The number of esters is 1. The minimum absolute atomic E-state index is 0.128. The van der Waals surface area contributed by atoms with Crippen molar-refractivity contribution >= 4 is 5.97 Å². The van der Waals surface area contributed by atoms with E-state index in [0.717, 1.165) is 25.9 Å². The van der Waals surface area contributed by atoms with Crippen molar-refractivity contribution in [3.05, 3.63) is 0 Å². The van der Waals surface area contributed by atoms with E-state index >= 15 is 0 Å². The van der Waals surface area contributed by atoms with Gasteiger partial charge in [-0.15, -0.1) is 0 Å². The second-order valence-electron chi connectivity index (χ2n) is 8.21. The van der Waals surface area contributed by atoms with E-state index in [1.807, 2.05) is 0 Å². The van der Waals surface area contributed by atoms with Gasteiger partial charge in [-0.05, 0) is 12.8 Å². The molecule has 0 fully saturated rings. The molecule has 0 atom stereocenters. The third-order valence-electron chi connectivity index (χ3n) is 5.11. The summed E-state index contributed by atoms with van der Waals surface area (Å²) in [6.07, 6.45) is 13.8. The number of carbonyl (C=O) groups is 1. The molecule has 0 aromatic carbocycles. The van der Waals surface area contributed by atoms with Crippen molar-refractivity contribution in [3.8, 4) is 0 Å². The van der Waals surface area contributed by atoms with Crippen molar-refractivity contribution in [1.29, 1.82) is 0 Å². The summed E-state index contributed by atoms with van der Waals surface area (Å²) in [6.45, 7) is 10.4. The van der Waals surface area contributed by atoms with Gasteiger partial charge in [-0.1, -0.05) is 71.6 Å². The maximum Gasteiger partial charge on any atom is 0.305 e. The van der Waals surface area contributed by atoms with Gasteiger partial charge in [-0.2, -0.15) is 0 Å². The molecule has 33 heavy (non-hydrogen) atoms. The van der Waals surface area contributed by atoms with Crippen molar-refractivity contribution in [1.82, 2.24) is 0 Å². The number of rotatable bonds is 28. The summed E-state index contributed by atoms with van der Waals surface area (Å²) in [4.78, 5) is 11.6. The lowest BCUT2D eigenvalue weighted by Crippen LogP contribution is -2.15. The maximum atomic E-state index is 11.6. The minimum atomic E-state index is -0.128. The van der Waals surface area contributed by atoms with Gasteiger partial charge in [0, 0.05) is 13.0 Å². The van der Waals surface area contributed by atoms with Crippen LogP contribution in [0.25, 0.3) is 0 Å². The average Bonchev–Trinajstić information content (AvgIpc) is 2.82. The zero-order valence-corrected chi connectivity index (χ0v) is 21.6. The first-order valence-electron chi connectivity index (χ1n) is 13.4. The summed E-state index contributed by atoms with van der Waals surface area (Å²) in [5, 5.41) is 0. The predicted octanol–water partition coefficient (Wildman–Crippen LogP) is 5.33. The molecule has 0 spiro atoms. The number of unbranched alkanes of at least 4 members (excludes halogenated alkanes) is 9. The van der Waals surface area contributed by atoms with Crippen molar-refractivity contribution in [2.75, 3.05) is 72.7 Å². The standard InChI is InChI=1S/C26H52O7/c1-3-5-7-9-10-12-14-26(27)33-25-24-32-23-22-31-21-20-30-19-18-29-17-16-28-15-13-11-8-6-4-2/h3-25H2,1-2H3. The van der Waals surface area contributed by atoms with E-state index in [4.69, 9.17) is 28.4 Å². The summed E-state index contributed by atoms with van der Waals surface area (Å²) < 4.78 is 32.5. The number of hydrogen-bond acceptors (Lipinski definition) is 7. The second kappa shape index (κ2) is 29.3. The van der Waals surface area contributed by atoms with Crippen LogP contribution in [-0.4, -0.2) is 78.6 Å². The summed E-state index contributed by atoms with van der Waals surface area (Å²) >= 11 is 0. The van der Waals surface area contributed by atoms with E-state index in [1.54, 1.807) is 0 Å².